The average Bonchev–Trinajstić information content (AvgIpc) is 2.54. The van der Waals surface area contributed by atoms with Gasteiger partial charge in [0.15, 0.2) is 5.96 Å². The molecule has 0 radical (unpaired) electrons. The Balaban J connectivity index is 1.82. The summed E-state index contributed by atoms with van der Waals surface area (Å²) in [6.07, 6.45) is 4.75. The van der Waals surface area contributed by atoms with E-state index in [0.717, 1.165) is 37.8 Å². The van der Waals surface area contributed by atoms with Crippen LogP contribution in [-0.4, -0.2) is 32.7 Å². The fourth-order valence-corrected chi connectivity index (χ4v) is 2.65. The van der Waals surface area contributed by atoms with E-state index in [1.807, 2.05) is 13.1 Å². The fraction of sp³-hybridized carbons (Fsp3) is 0.588. The third kappa shape index (κ3) is 4.66. The SMILES string of the molecule is CCCCCNC(=NC)NCC1CCOc2ccccc21. The number of rotatable bonds is 6. The number of ether oxygens (including phenoxy) is 1. The Kier molecular flexibility index (Phi) is 6.38. The fourth-order valence-electron chi connectivity index (χ4n) is 2.65. The van der Waals surface area contributed by atoms with Crippen LogP contribution in [0.3, 0.4) is 0 Å². The molecule has 0 aromatic heterocycles. The van der Waals surface area contributed by atoms with Crippen LogP contribution in [0.5, 0.6) is 5.75 Å². The maximum absolute atomic E-state index is 5.70. The molecule has 2 rings (SSSR count). The minimum Gasteiger partial charge on any atom is -0.493 e. The van der Waals surface area contributed by atoms with Crippen LogP contribution in [0.4, 0.5) is 0 Å². The molecule has 1 heterocycles. The van der Waals surface area contributed by atoms with E-state index >= 15 is 0 Å². The van der Waals surface area contributed by atoms with Crippen molar-refractivity contribution in [2.24, 2.45) is 4.99 Å². The lowest BCUT2D eigenvalue weighted by atomic mass is 9.93. The van der Waals surface area contributed by atoms with Crippen molar-refractivity contribution in [2.45, 2.75) is 38.5 Å². The van der Waals surface area contributed by atoms with Crippen molar-refractivity contribution in [1.29, 1.82) is 0 Å². The number of benzene rings is 1. The van der Waals surface area contributed by atoms with Gasteiger partial charge in [0.1, 0.15) is 5.75 Å². The normalized spacial score (nSPS) is 17.8. The predicted octanol–water partition coefficient (Wildman–Crippen LogP) is 2.91. The largest absolute Gasteiger partial charge is 0.493 e. The molecule has 4 nitrogen and oxygen atoms in total. The standard InChI is InChI=1S/C17H27N3O/c1-3-4-7-11-19-17(18-2)20-13-14-10-12-21-16-9-6-5-8-15(14)16/h5-6,8-9,14H,3-4,7,10-13H2,1-2H3,(H2,18,19,20). The smallest absolute Gasteiger partial charge is 0.190 e. The second kappa shape index (κ2) is 8.55. The van der Waals surface area contributed by atoms with E-state index in [9.17, 15) is 0 Å². The van der Waals surface area contributed by atoms with Crippen LogP contribution in [0, 0.1) is 0 Å². The molecular formula is C17H27N3O. The minimum absolute atomic E-state index is 0.490. The molecule has 0 bridgehead atoms. The van der Waals surface area contributed by atoms with Gasteiger partial charge in [-0.25, -0.2) is 0 Å². The number of para-hydroxylation sites is 1. The Bertz CT molecular complexity index is 459. The molecule has 1 unspecified atom stereocenters. The third-order valence-electron chi connectivity index (χ3n) is 3.90. The van der Waals surface area contributed by atoms with Crippen LogP contribution in [-0.2, 0) is 0 Å². The molecule has 0 aliphatic carbocycles. The van der Waals surface area contributed by atoms with Gasteiger partial charge in [-0.2, -0.15) is 0 Å². The van der Waals surface area contributed by atoms with E-state index in [1.165, 1.54) is 24.8 Å². The molecule has 21 heavy (non-hydrogen) atoms. The second-order valence-corrected chi connectivity index (χ2v) is 5.46. The molecule has 0 fully saturated rings. The minimum atomic E-state index is 0.490. The van der Waals surface area contributed by atoms with Crippen LogP contribution >= 0.6 is 0 Å². The first-order chi connectivity index (χ1) is 10.3. The number of hydrogen-bond acceptors (Lipinski definition) is 2. The summed E-state index contributed by atoms with van der Waals surface area (Å²) in [6.45, 7) is 4.90. The first kappa shape index (κ1) is 15.7. The number of hydrogen-bond donors (Lipinski definition) is 2. The molecule has 1 atom stereocenters. The highest BCUT2D eigenvalue weighted by atomic mass is 16.5. The van der Waals surface area contributed by atoms with Crippen molar-refractivity contribution in [1.82, 2.24) is 10.6 Å². The Morgan fingerprint density at radius 3 is 2.95 bits per heavy atom. The van der Waals surface area contributed by atoms with Crippen LogP contribution in [0.1, 0.15) is 44.1 Å². The molecule has 4 heteroatoms. The lowest BCUT2D eigenvalue weighted by molar-refractivity contribution is 0.267. The summed E-state index contributed by atoms with van der Waals surface area (Å²) in [6, 6.07) is 8.33. The van der Waals surface area contributed by atoms with Gasteiger partial charge in [0.2, 0.25) is 0 Å². The van der Waals surface area contributed by atoms with Crippen LogP contribution in [0.15, 0.2) is 29.3 Å². The molecular weight excluding hydrogens is 262 g/mol. The number of nitrogens with one attached hydrogen (secondary N) is 2. The Hall–Kier alpha value is -1.71. The van der Waals surface area contributed by atoms with Crippen molar-refractivity contribution >= 4 is 5.96 Å². The highest BCUT2D eigenvalue weighted by molar-refractivity contribution is 5.79. The third-order valence-corrected chi connectivity index (χ3v) is 3.90. The van der Waals surface area contributed by atoms with Crippen LogP contribution in [0.25, 0.3) is 0 Å². The summed E-state index contributed by atoms with van der Waals surface area (Å²) in [5, 5.41) is 6.82. The van der Waals surface area contributed by atoms with Gasteiger partial charge < -0.3 is 15.4 Å². The molecule has 0 saturated heterocycles. The molecule has 1 aliphatic rings. The Morgan fingerprint density at radius 2 is 2.14 bits per heavy atom. The van der Waals surface area contributed by atoms with Crippen molar-refractivity contribution in [3.63, 3.8) is 0 Å². The van der Waals surface area contributed by atoms with E-state index in [-0.39, 0.29) is 0 Å². The quantitative estimate of drug-likeness (QED) is 0.481. The highest BCUT2D eigenvalue weighted by Crippen LogP contribution is 2.32. The lowest BCUT2D eigenvalue weighted by Gasteiger charge is -2.26. The summed E-state index contributed by atoms with van der Waals surface area (Å²) in [4.78, 5) is 4.29. The topological polar surface area (TPSA) is 45.7 Å². The molecule has 0 amide bonds. The van der Waals surface area contributed by atoms with Crippen molar-refractivity contribution in [3.8, 4) is 5.75 Å². The molecule has 1 aromatic rings. The highest BCUT2D eigenvalue weighted by Gasteiger charge is 2.20. The van der Waals surface area contributed by atoms with Gasteiger partial charge in [-0.05, 0) is 24.5 Å². The van der Waals surface area contributed by atoms with Crippen LogP contribution in [0.2, 0.25) is 0 Å². The summed E-state index contributed by atoms with van der Waals surface area (Å²) < 4.78 is 5.70. The van der Waals surface area contributed by atoms with E-state index < -0.39 is 0 Å². The zero-order chi connectivity index (χ0) is 14.9. The molecule has 116 valence electrons. The summed E-state index contributed by atoms with van der Waals surface area (Å²) in [5.74, 6) is 2.42. The van der Waals surface area contributed by atoms with Crippen molar-refractivity contribution < 1.29 is 4.74 Å². The lowest BCUT2D eigenvalue weighted by Crippen LogP contribution is -2.40. The summed E-state index contributed by atoms with van der Waals surface area (Å²) in [5.41, 5.74) is 1.30. The van der Waals surface area contributed by atoms with E-state index in [0.29, 0.717) is 5.92 Å². The van der Waals surface area contributed by atoms with Gasteiger partial charge in [-0.3, -0.25) is 4.99 Å². The monoisotopic (exact) mass is 289 g/mol. The first-order valence-corrected chi connectivity index (χ1v) is 8.01. The van der Waals surface area contributed by atoms with Gasteiger partial charge in [-0.1, -0.05) is 38.0 Å². The van der Waals surface area contributed by atoms with Crippen molar-refractivity contribution in [3.05, 3.63) is 29.8 Å². The Morgan fingerprint density at radius 1 is 1.29 bits per heavy atom. The number of unbranched alkanes of at least 4 members (excludes halogenated alkanes) is 2. The molecule has 1 aliphatic heterocycles. The van der Waals surface area contributed by atoms with Gasteiger partial charge in [-0.15, -0.1) is 0 Å². The number of guanidine groups is 1. The first-order valence-electron chi connectivity index (χ1n) is 8.01. The molecule has 2 N–H and O–H groups in total. The Labute approximate surface area is 128 Å². The predicted molar refractivity (Wildman–Crippen MR) is 88.2 cm³/mol. The molecule has 0 saturated carbocycles. The summed E-state index contributed by atoms with van der Waals surface area (Å²) in [7, 11) is 1.83. The average molecular weight is 289 g/mol. The zero-order valence-corrected chi connectivity index (χ0v) is 13.2. The van der Waals surface area contributed by atoms with Gasteiger partial charge in [0.05, 0.1) is 6.61 Å². The van der Waals surface area contributed by atoms with Gasteiger partial charge >= 0.3 is 0 Å². The second-order valence-electron chi connectivity index (χ2n) is 5.46. The maximum Gasteiger partial charge on any atom is 0.190 e. The van der Waals surface area contributed by atoms with E-state index in [4.69, 9.17) is 4.74 Å². The number of aliphatic imine (C=N–C) groups is 1. The molecule has 1 aromatic carbocycles. The number of fused-ring (bicyclic) bond motifs is 1. The number of nitrogens with zero attached hydrogens (tertiary/aromatic N) is 1. The molecule has 0 spiro atoms. The summed E-state index contributed by atoms with van der Waals surface area (Å²) >= 11 is 0. The van der Waals surface area contributed by atoms with Gasteiger partial charge in [0, 0.05) is 26.1 Å². The van der Waals surface area contributed by atoms with Gasteiger partial charge in [0.25, 0.3) is 0 Å². The van der Waals surface area contributed by atoms with E-state index in [1.54, 1.807) is 0 Å². The van der Waals surface area contributed by atoms with E-state index in [2.05, 4.69) is 40.7 Å². The van der Waals surface area contributed by atoms with Crippen LogP contribution < -0.4 is 15.4 Å². The zero-order valence-electron chi connectivity index (χ0n) is 13.2. The van der Waals surface area contributed by atoms with Crippen molar-refractivity contribution in [2.75, 3.05) is 26.7 Å². The maximum atomic E-state index is 5.70.